The molecule has 0 radical (unpaired) electrons. The summed E-state index contributed by atoms with van der Waals surface area (Å²) >= 11 is 0. The van der Waals surface area contributed by atoms with Gasteiger partial charge in [0, 0.05) is 55.4 Å². The zero-order valence-electron chi connectivity index (χ0n) is 27.8. The van der Waals surface area contributed by atoms with Gasteiger partial charge in [0.25, 0.3) is 0 Å². The number of aliphatic imine (C=N–C) groups is 1. The average molecular weight is 747 g/mol. The lowest BCUT2D eigenvalue weighted by atomic mass is 10.2. The number of aryl methyl sites for hydroxylation is 1. The number of pyridine rings is 2. The number of rotatable bonds is 8. The molecule has 4 aromatic rings. The largest absolute Gasteiger partial charge is 0.418 e. The molecule has 0 spiro atoms. The Bertz CT molecular complexity index is 1970. The van der Waals surface area contributed by atoms with Crippen LogP contribution in [0.5, 0.6) is 23.5 Å². The number of amides is 1. The number of halogens is 6. The first-order valence-electron chi connectivity index (χ1n) is 14.3. The van der Waals surface area contributed by atoms with Crippen molar-refractivity contribution in [1.82, 2.24) is 35.3 Å². The van der Waals surface area contributed by atoms with Crippen LogP contribution in [0.3, 0.4) is 0 Å². The standard InChI is InChI=1S/C14H14F3N5O4.C12H11F3N4O3.C2H3NO/c1-4-9-7(2)21(13(23)18-3)20-11(9)26-12-10(22(24)25)5-8(6-19-12)14(15,16)17;1-3-8-6(2)17-18-10(8)22-11-9(19(20)21)4-7(5-16-11)12(13,14)15;1-3-2-4/h5-6H,4H2,1-3H3,(H,18,23);4-5H,3H2,1-2H3,(H,17,18);1H3. The summed E-state index contributed by atoms with van der Waals surface area (Å²) in [5, 5.41) is 34.8. The van der Waals surface area contributed by atoms with E-state index in [1.165, 1.54) is 20.2 Å². The molecule has 4 rings (SSSR count). The predicted molar refractivity (Wildman–Crippen MR) is 165 cm³/mol. The van der Waals surface area contributed by atoms with Crippen LogP contribution in [-0.2, 0) is 30.0 Å². The molecule has 4 heterocycles. The van der Waals surface area contributed by atoms with Crippen molar-refractivity contribution in [2.24, 2.45) is 4.99 Å². The van der Waals surface area contributed by atoms with Crippen LogP contribution in [0, 0.1) is 34.1 Å². The fourth-order valence-corrected chi connectivity index (χ4v) is 4.03. The highest BCUT2D eigenvalue weighted by Gasteiger charge is 2.36. The molecule has 0 aliphatic rings. The Hall–Kier alpha value is -6.45. The smallest absolute Gasteiger partial charge is 0.413 e. The summed E-state index contributed by atoms with van der Waals surface area (Å²) in [6, 6.07) is 0.145. The molecule has 280 valence electrons. The van der Waals surface area contributed by atoms with Crippen LogP contribution in [0.1, 0.15) is 47.5 Å². The van der Waals surface area contributed by atoms with Crippen molar-refractivity contribution in [3.63, 3.8) is 0 Å². The molecule has 0 unspecified atom stereocenters. The third kappa shape index (κ3) is 10.3. The summed E-state index contributed by atoms with van der Waals surface area (Å²) < 4.78 is 87.5. The molecule has 1 amide bonds. The van der Waals surface area contributed by atoms with Crippen molar-refractivity contribution < 1.29 is 55.3 Å². The number of carbonyl (C=O) groups is 1. The fraction of sp³-hybridized carbons (Fsp3) is 0.357. The molecule has 0 saturated carbocycles. The SMILES string of the molecule is CCc1c(Oc2ncc(C(F)(F)F)cc2[N+](=O)[O-])n[nH]c1C.CCc1c(Oc2ncc(C(F)(F)F)cc2[N+](=O)[O-])nn(C(=O)NC)c1C.CN=C=O. The van der Waals surface area contributed by atoms with E-state index in [2.05, 4.69) is 35.6 Å². The van der Waals surface area contributed by atoms with Crippen LogP contribution < -0.4 is 14.8 Å². The molecule has 2 N–H and O–H groups in total. The number of carbonyl (C=O) groups excluding carboxylic acids is 2. The first-order chi connectivity index (χ1) is 24.2. The molecular formula is C28H28F6N10O8. The van der Waals surface area contributed by atoms with Crippen molar-refractivity contribution in [3.8, 4) is 23.5 Å². The maximum absolute atomic E-state index is 12.7. The van der Waals surface area contributed by atoms with Gasteiger partial charge in [0.1, 0.15) is 0 Å². The summed E-state index contributed by atoms with van der Waals surface area (Å²) in [5.41, 5.74) is -2.09. The van der Waals surface area contributed by atoms with Crippen LogP contribution in [0.15, 0.2) is 29.5 Å². The van der Waals surface area contributed by atoms with Crippen molar-refractivity contribution in [3.05, 3.63) is 78.4 Å². The average Bonchev–Trinajstić information content (AvgIpc) is 3.60. The third-order valence-electron chi connectivity index (χ3n) is 6.54. The molecule has 0 aliphatic heterocycles. The van der Waals surface area contributed by atoms with Gasteiger partial charge in [0.15, 0.2) is 0 Å². The zero-order chi connectivity index (χ0) is 39.6. The van der Waals surface area contributed by atoms with Crippen molar-refractivity contribution in [2.45, 2.75) is 52.9 Å². The number of H-pyrrole nitrogens is 1. The first kappa shape index (κ1) is 41.7. The summed E-state index contributed by atoms with van der Waals surface area (Å²) in [6.07, 6.45) is -6.40. The van der Waals surface area contributed by atoms with Crippen LogP contribution in [0.2, 0.25) is 0 Å². The van der Waals surface area contributed by atoms with E-state index < -0.39 is 62.5 Å². The highest BCUT2D eigenvalue weighted by Crippen LogP contribution is 2.38. The molecule has 0 atom stereocenters. The summed E-state index contributed by atoms with van der Waals surface area (Å²) in [5.74, 6) is -1.29. The van der Waals surface area contributed by atoms with Crippen LogP contribution >= 0.6 is 0 Å². The van der Waals surface area contributed by atoms with Gasteiger partial charge in [0.2, 0.25) is 17.8 Å². The number of hydrogen-bond acceptors (Lipinski definition) is 13. The quantitative estimate of drug-likeness (QED) is 0.0655. The number of aromatic nitrogens is 6. The number of aromatic amines is 1. The molecule has 52 heavy (non-hydrogen) atoms. The molecule has 0 bridgehead atoms. The van der Waals surface area contributed by atoms with E-state index in [9.17, 15) is 51.4 Å². The minimum Gasteiger partial charge on any atom is -0.413 e. The zero-order valence-corrected chi connectivity index (χ0v) is 27.8. The van der Waals surface area contributed by atoms with E-state index in [0.717, 1.165) is 4.68 Å². The fourth-order valence-electron chi connectivity index (χ4n) is 4.03. The summed E-state index contributed by atoms with van der Waals surface area (Å²) in [6.45, 7) is 6.87. The maximum Gasteiger partial charge on any atom is 0.418 e. The van der Waals surface area contributed by atoms with Gasteiger partial charge in [-0.1, -0.05) is 13.8 Å². The minimum atomic E-state index is -4.79. The van der Waals surface area contributed by atoms with Gasteiger partial charge in [-0.2, -0.15) is 31.0 Å². The Morgan fingerprint density at radius 2 is 1.35 bits per heavy atom. The van der Waals surface area contributed by atoms with Crippen LogP contribution in [-0.4, -0.2) is 66.0 Å². The predicted octanol–water partition coefficient (Wildman–Crippen LogP) is 6.40. The molecule has 18 nitrogen and oxygen atoms in total. The molecule has 0 aliphatic carbocycles. The van der Waals surface area contributed by atoms with Crippen molar-refractivity contribution in [2.75, 3.05) is 14.1 Å². The van der Waals surface area contributed by atoms with E-state index in [1.807, 2.05) is 6.92 Å². The van der Waals surface area contributed by atoms with Gasteiger partial charge in [-0.3, -0.25) is 25.3 Å². The van der Waals surface area contributed by atoms with Crippen LogP contribution in [0.4, 0.5) is 42.5 Å². The Kier molecular flexibility index (Phi) is 14.0. The van der Waals surface area contributed by atoms with Crippen molar-refractivity contribution in [1.29, 1.82) is 0 Å². The second-order valence-corrected chi connectivity index (χ2v) is 9.80. The lowest BCUT2D eigenvalue weighted by Gasteiger charge is -2.08. The Balaban J connectivity index is 0.000000330. The van der Waals surface area contributed by atoms with Gasteiger partial charge in [-0.25, -0.2) is 24.5 Å². The lowest BCUT2D eigenvalue weighted by molar-refractivity contribution is -0.386. The normalized spacial score (nSPS) is 10.8. The minimum absolute atomic E-state index is 0.0513. The number of hydrogen-bond donors (Lipinski definition) is 2. The number of ether oxygens (including phenoxy) is 2. The summed E-state index contributed by atoms with van der Waals surface area (Å²) in [4.78, 5) is 50.4. The Morgan fingerprint density at radius 1 is 0.904 bits per heavy atom. The first-order valence-corrected chi connectivity index (χ1v) is 14.3. The van der Waals surface area contributed by atoms with E-state index in [1.54, 1.807) is 20.8 Å². The number of isocyanates is 1. The van der Waals surface area contributed by atoms with E-state index in [0.29, 0.717) is 59.9 Å². The monoisotopic (exact) mass is 746 g/mol. The maximum atomic E-state index is 12.7. The Labute approximate surface area is 288 Å². The lowest BCUT2D eigenvalue weighted by Crippen LogP contribution is -2.26. The third-order valence-corrected chi connectivity index (χ3v) is 6.54. The highest BCUT2D eigenvalue weighted by molar-refractivity contribution is 5.76. The Morgan fingerprint density at radius 3 is 1.71 bits per heavy atom. The number of alkyl halides is 6. The van der Waals surface area contributed by atoms with Gasteiger partial charge in [-0.15, -0.1) is 10.2 Å². The molecular weight excluding hydrogens is 718 g/mol. The van der Waals surface area contributed by atoms with Gasteiger partial charge >= 0.3 is 41.5 Å². The topological polar surface area (TPSA) is 236 Å². The molecule has 4 aromatic heterocycles. The highest BCUT2D eigenvalue weighted by atomic mass is 19.4. The second-order valence-electron chi connectivity index (χ2n) is 9.80. The molecule has 0 aromatic carbocycles. The molecule has 0 saturated heterocycles. The molecule has 0 fully saturated rings. The van der Waals surface area contributed by atoms with E-state index >= 15 is 0 Å². The number of nitro groups is 2. The molecule has 24 heteroatoms. The van der Waals surface area contributed by atoms with Gasteiger partial charge in [0.05, 0.1) is 26.7 Å². The van der Waals surface area contributed by atoms with Crippen molar-refractivity contribution >= 4 is 23.5 Å². The number of nitrogens with one attached hydrogen (secondary N) is 2. The summed E-state index contributed by atoms with van der Waals surface area (Å²) in [7, 11) is 2.77. The second kappa shape index (κ2) is 17.5. The van der Waals surface area contributed by atoms with E-state index in [-0.39, 0.29) is 11.8 Å². The van der Waals surface area contributed by atoms with Gasteiger partial charge < -0.3 is 14.8 Å². The van der Waals surface area contributed by atoms with Gasteiger partial charge in [-0.05, 0) is 26.7 Å². The van der Waals surface area contributed by atoms with E-state index in [4.69, 9.17) is 14.3 Å². The number of nitrogens with zero attached hydrogens (tertiary/aromatic N) is 8. The van der Waals surface area contributed by atoms with Crippen LogP contribution in [0.25, 0.3) is 0 Å².